The van der Waals surface area contributed by atoms with Crippen LogP contribution in [0.5, 0.6) is 0 Å². The molecule has 0 bridgehead atoms. The predicted octanol–water partition coefficient (Wildman–Crippen LogP) is 5.07. The zero-order chi connectivity index (χ0) is 13.5. The molecule has 0 heterocycles. The van der Waals surface area contributed by atoms with Crippen molar-refractivity contribution in [3.63, 3.8) is 0 Å². The number of unbranched alkanes of at least 4 members (excludes halogenated alkanes) is 2. The van der Waals surface area contributed by atoms with Crippen molar-refractivity contribution < 1.29 is 37.7 Å². The van der Waals surface area contributed by atoms with Crippen molar-refractivity contribution in [3.05, 3.63) is 77.2 Å². The van der Waals surface area contributed by atoms with Gasteiger partial charge in [-0.25, -0.2) is 0 Å². The van der Waals surface area contributed by atoms with Crippen molar-refractivity contribution in [3.8, 4) is 0 Å². The molecule has 0 aliphatic rings. The molecule has 0 atom stereocenters. The smallest absolute Gasteiger partial charge is 0 e. The van der Waals surface area contributed by atoms with Gasteiger partial charge in [0, 0.05) is 37.7 Å². The number of hydrogen-bond donors (Lipinski definition) is 0. The molecule has 0 saturated carbocycles. The summed E-state index contributed by atoms with van der Waals surface area (Å²) in [4.78, 5) is 0. The number of benzene rings is 2. The van der Waals surface area contributed by atoms with Crippen LogP contribution in [0.25, 0.3) is 0 Å². The van der Waals surface area contributed by atoms with Gasteiger partial charge in [-0.2, -0.15) is 12.8 Å². The minimum Gasteiger partial charge on any atom is -0.328 e. The van der Waals surface area contributed by atoms with E-state index >= 15 is 0 Å². The summed E-state index contributed by atoms with van der Waals surface area (Å²) >= 11 is 0. The van der Waals surface area contributed by atoms with Gasteiger partial charge >= 0.3 is 0 Å². The number of rotatable bonds is 6. The summed E-state index contributed by atoms with van der Waals surface area (Å²) in [5, 5.41) is 0. The largest absolute Gasteiger partial charge is 0.328 e. The van der Waals surface area contributed by atoms with E-state index in [0.717, 1.165) is 12.8 Å². The van der Waals surface area contributed by atoms with E-state index < -0.39 is 0 Å². The average molecular weight is 416 g/mol. The third-order valence-corrected chi connectivity index (χ3v) is 3.52. The molecule has 2 rings (SSSR count). The monoisotopic (exact) mass is 416 g/mol. The van der Waals surface area contributed by atoms with E-state index in [1.807, 2.05) is 0 Å². The van der Waals surface area contributed by atoms with E-state index in [-0.39, 0.29) is 37.7 Å². The van der Waals surface area contributed by atoms with E-state index in [4.69, 9.17) is 0 Å². The summed E-state index contributed by atoms with van der Waals surface area (Å²) in [5.41, 5.74) is 5.56. The Morgan fingerprint density at radius 2 is 1.00 bits per heavy atom. The van der Waals surface area contributed by atoms with E-state index in [1.165, 1.54) is 35.1 Å². The first-order valence-corrected chi connectivity index (χ1v) is 7.17. The zero-order valence-corrected chi connectivity index (χ0v) is 14.3. The molecule has 0 aromatic heterocycles. The third kappa shape index (κ3) is 6.43. The van der Waals surface area contributed by atoms with Crippen molar-refractivity contribution >= 4 is 0 Å². The van der Waals surface area contributed by atoms with E-state index in [9.17, 15) is 0 Å². The summed E-state index contributed by atoms with van der Waals surface area (Å²) in [6.07, 6.45) is 7.09. The minimum absolute atomic E-state index is 0. The Balaban J connectivity index is 0.00000200. The quantitative estimate of drug-likeness (QED) is 0.350. The van der Waals surface area contributed by atoms with Crippen LogP contribution >= 0.6 is 0 Å². The van der Waals surface area contributed by atoms with E-state index in [0.29, 0.717) is 0 Å². The molecule has 0 spiro atoms. The van der Waals surface area contributed by atoms with Crippen LogP contribution in [0.2, 0.25) is 0 Å². The van der Waals surface area contributed by atoms with Crippen molar-refractivity contribution in [2.45, 2.75) is 39.5 Å². The van der Waals surface area contributed by atoms with Gasteiger partial charge in [-0.3, -0.25) is 0 Å². The maximum absolute atomic E-state index is 2.42. The Hall–Kier alpha value is -0.300. The summed E-state index contributed by atoms with van der Waals surface area (Å²) in [6, 6.07) is 17.7. The first-order chi connectivity index (χ1) is 9.24. The molecule has 0 aliphatic carbocycles. The number of hydrogen-bond acceptors (Lipinski definition) is 0. The zero-order valence-electron chi connectivity index (χ0n) is 12.3. The van der Waals surface area contributed by atoms with Gasteiger partial charge in [-0.1, -0.05) is 83.6 Å². The van der Waals surface area contributed by atoms with Gasteiger partial charge in [0.25, 0.3) is 0 Å². The molecule has 20 heavy (non-hydrogen) atoms. The molecule has 0 N–H and O–H groups in total. The Morgan fingerprint density at radius 1 is 0.650 bits per heavy atom. The Labute approximate surface area is 153 Å². The van der Waals surface area contributed by atoms with Gasteiger partial charge in [0.2, 0.25) is 0 Å². The Morgan fingerprint density at radius 3 is 1.35 bits per heavy atom. The fourth-order valence-electron chi connectivity index (χ4n) is 2.19. The van der Waals surface area contributed by atoms with Crippen molar-refractivity contribution in [1.82, 2.24) is 0 Å². The first kappa shape index (κ1) is 17.8. The molecule has 1 heteroatoms. The summed E-state index contributed by atoms with van der Waals surface area (Å²) < 4.78 is 0. The van der Waals surface area contributed by atoms with Gasteiger partial charge in [0.15, 0.2) is 0 Å². The average Bonchev–Trinajstić information content (AvgIpc) is 2.43. The van der Waals surface area contributed by atoms with Crippen molar-refractivity contribution in [2.75, 3.05) is 0 Å². The van der Waals surface area contributed by atoms with E-state index in [2.05, 4.69) is 68.8 Å². The molecule has 0 amide bonds. The van der Waals surface area contributed by atoms with Gasteiger partial charge in [-0.05, 0) is 13.8 Å². The fraction of sp³-hybridized carbons (Fsp3) is 0.316. The molecule has 0 fully saturated rings. The van der Waals surface area contributed by atoms with Crippen LogP contribution in [0.4, 0.5) is 0 Å². The molecular weight excluding hydrogens is 393 g/mol. The molecule has 0 saturated heterocycles. The first-order valence-electron chi connectivity index (χ1n) is 7.17. The molecule has 111 valence electrons. The van der Waals surface area contributed by atoms with Gasteiger partial charge in [-0.15, -0.1) is 0 Å². The Kier molecular flexibility index (Phi) is 8.52. The molecule has 0 unspecified atom stereocenters. The molecule has 0 nitrogen and oxygen atoms in total. The molecule has 1 radical (unpaired) electrons. The van der Waals surface area contributed by atoms with Gasteiger partial charge in [0.05, 0.1) is 0 Å². The van der Waals surface area contributed by atoms with Crippen LogP contribution in [-0.2, 0) is 12.8 Å². The topological polar surface area (TPSA) is 0 Å². The summed E-state index contributed by atoms with van der Waals surface area (Å²) in [7, 11) is 0. The van der Waals surface area contributed by atoms with Gasteiger partial charge in [0.1, 0.15) is 0 Å². The SMILES string of the molecule is Cc1ccc(CC[CH-]CCc2ccc(C)cc2)cc1.[Ho]. The van der Waals surface area contributed by atoms with Crippen molar-refractivity contribution in [2.24, 2.45) is 0 Å². The van der Waals surface area contributed by atoms with Crippen LogP contribution in [0.15, 0.2) is 48.5 Å². The van der Waals surface area contributed by atoms with Crippen LogP contribution in [0.3, 0.4) is 0 Å². The second-order valence-electron chi connectivity index (χ2n) is 5.34. The van der Waals surface area contributed by atoms with E-state index in [1.54, 1.807) is 0 Å². The predicted molar refractivity (Wildman–Crippen MR) is 83.3 cm³/mol. The van der Waals surface area contributed by atoms with Crippen LogP contribution in [-0.4, -0.2) is 0 Å². The molecular formula is C19H23Ho-. The summed E-state index contributed by atoms with van der Waals surface area (Å²) in [5.74, 6) is 0. The van der Waals surface area contributed by atoms with Gasteiger partial charge < -0.3 is 6.42 Å². The minimum atomic E-state index is 0. The second-order valence-corrected chi connectivity index (χ2v) is 5.34. The summed E-state index contributed by atoms with van der Waals surface area (Å²) in [6.45, 7) is 4.27. The Bertz CT molecular complexity index is 435. The third-order valence-electron chi connectivity index (χ3n) is 3.52. The maximum Gasteiger partial charge on any atom is 0 e. The van der Waals surface area contributed by atoms with Crippen LogP contribution in [0, 0.1) is 58.0 Å². The number of aryl methyl sites for hydroxylation is 4. The van der Waals surface area contributed by atoms with Crippen molar-refractivity contribution in [1.29, 1.82) is 0 Å². The van der Waals surface area contributed by atoms with Crippen LogP contribution < -0.4 is 0 Å². The van der Waals surface area contributed by atoms with Crippen LogP contribution in [0.1, 0.15) is 35.1 Å². The fourth-order valence-corrected chi connectivity index (χ4v) is 2.19. The molecule has 0 aliphatic heterocycles. The molecule has 2 aromatic carbocycles. The maximum atomic E-state index is 2.42. The second kappa shape index (κ2) is 9.60. The standard InChI is InChI=1S/C19H23.Ho/c1-16-8-12-18(13-9-16)6-4-3-5-7-19-14-10-17(2)11-15-19;/h3,8-15H,4-7H2,1-2H3;/q-1;. The molecule has 2 aromatic rings. The normalized spacial score (nSPS) is 10.1.